The van der Waals surface area contributed by atoms with Crippen LogP contribution in [0.1, 0.15) is 40.5 Å². The molecular weight excluding hydrogens is 364 g/mol. The van der Waals surface area contributed by atoms with Gasteiger partial charge in [-0.25, -0.2) is 14.4 Å². The number of hydrogen-bond donors (Lipinski definition) is 2. The number of hydrogen-bond acceptors (Lipinski definition) is 5. The second kappa shape index (κ2) is 8.77. The second-order valence-corrected chi connectivity index (χ2v) is 7.37. The van der Waals surface area contributed by atoms with Gasteiger partial charge >= 0.3 is 18.2 Å². The topological polar surface area (TPSA) is 105 Å². The molecule has 0 fully saturated rings. The largest absolute Gasteiger partial charge is 0.478 e. The molecule has 0 bridgehead atoms. The van der Waals surface area contributed by atoms with E-state index in [4.69, 9.17) is 9.47 Å². The van der Waals surface area contributed by atoms with E-state index in [0.29, 0.717) is 12.2 Å². The number of carbonyl (C=O) groups excluding carboxylic acids is 2. The molecule has 1 aromatic carbocycles. The smallest absolute Gasteiger partial charge is 0.416 e. The molecule has 0 saturated carbocycles. The van der Waals surface area contributed by atoms with Crippen LogP contribution in [0.4, 0.5) is 9.59 Å². The number of aliphatic carboxylic acids is 1. The molecule has 1 heterocycles. The summed E-state index contributed by atoms with van der Waals surface area (Å²) in [5, 5.41) is 12.2. The molecule has 0 saturated heterocycles. The molecule has 2 rings (SSSR count). The number of benzene rings is 1. The molecule has 8 heteroatoms. The molecule has 1 atom stereocenters. The monoisotopic (exact) mass is 390 g/mol. The number of carboxylic acids is 1. The van der Waals surface area contributed by atoms with Gasteiger partial charge in [0.25, 0.3) is 0 Å². The number of carboxylic acid groups (broad SMARTS) is 1. The highest BCUT2D eigenvalue weighted by Gasteiger charge is 2.37. The Balaban J connectivity index is 2.22. The number of nitrogens with zero attached hydrogens (tertiary/aromatic N) is 1. The molecule has 1 unspecified atom stereocenters. The number of nitrogens with one attached hydrogen (secondary N) is 1. The first kappa shape index (κ1) is 21.3. The van der Waals surface area contributed by atoms with Crippen molar-refractivity contribution >= 4 is 18.2 Å². The lowest BCUT2D eigenvalue weighted by Gasteiger charge is -2.37. The number of rotatable bonds is 4. The lowest BCUT2D eigenvalue weighted by molar-refractivity contribution is -0.133. The number of para-hydroxylation sites is 1. The Hall–Kier alpha value is -3.03. The van der Waals surface area contributed by atoms with Gasteiger partial charge in [-0.3, -0.25) is 5.32 Å². The maximum atomic E-state index is 12.5. The summed E-state index contributed by atoms with van der Waals surface area (Å²) in [6.07, 6.45) is -0.828. The van der Waals surface area contributed by atoms with Crippen LogP contribution in [-0.2, 0) is 9.53 Å². The van der Waals surface area contributed by atoms with Crippen molar-refractivity contribution in [2.75, 3.05) is 6.54 Å². The summed E-state index contributed by atoms with van der Waals surface area (Å²) in [5.74, 6) is -0.856. The fraction of sp³-hybridized carbons (Fsp3) is 0.450. The molecule has 1 aliphatic rings. The number of ether oxygens (including phenoxy) is 2. The van der Waals surface area contributed by atoms with E-state index in [0.717, 1.165) is 0 Å². The molecule has 2 amide bonds. The van der Waals surface area contributed by atoms with Crippen LogP contribution in [0.25, 0.3) is 0 Å². The average Bonchev–Trinajstić information content (AvgIpc) is 2.60. The van der Waals surface area contributed by atoms with Crippen molar-refractivity contribution in [3.05, 3.63) is 41.6 Å². The van der Waals surface area contributed by atoms with Crippen molar-refractivity contribution in [3.63, 3.8) is 0 Å². The standard InChI is InChI=1S/C20H26N2O6/c1-5-15-16(17(23)24)14(11-12-22(15)19(26)28-20(2,3)4)21-18(25)27-13-9-7-6-8-10-13/h6-10,15H,5,11-12H2,1-4H3,(H,21,25)(H,23,24). The highest BCUT2D eigenvalue weighted by Crippen LogP contribution is 2.27. The molecular formula is C20H26N2O6. The minimum atomic E-state index is -1.20. The summed E-state index contributed by atoms with van der Waals surface area (Å²) in [4.78, 5) is 38.0. The van der Waals surface area contributed by atoms with Gasteiger partial charge in [0, 0.05) is 18.7 Å². The Morgan fingerprint density at radius 1 is 1.21 bits per heavy atom. The molecule has 0 aromatic heterocycles. The van der Waals surface area contributed by atoms with Crippen LogP contribution in [0.3, 0.4) is 0 Å². The first-order valence-corrected chi connectivity index (χ1v) is 9.12. The quantitative estimate of drug-likeness (QED) is 0.815. The predicted octanol–water partition coefficient (Wildman–Crippen LogP) is 3.53. The van der Waals surface area contributed by atoms with Crippen molar-refractivity contribution in [2.45, 2.75) is 52.2 Å². The molecule has 1 aliphatic heterocycles. The lowest BCUT2D eigenvalue weighted by Crippen LogP contribution is -2.50. The van der Waals surface area contributed by atoms with Gasteiger partial charge in [0.2, 0.25) is 0 Å². The van der Waals surface area contributed by atoms with Crippen LogP contribution in [0, 0.1) is 0 Å². The Morgan fingerprint density at radius 2 is 1.86 bits per heavy atom. The lowest BCUT2D eigenvalue weighted by atomic mass is 9.95. The molecule has 8 nitrogen and oxygen atoms in total. The van der Waals surface area contributed by atoms with E-state index in [1.807, 2.05) is 0 Å². The summed E-state index contributed by atoms with van der Waals surface area (Å²) in [6, 6.07) is 7.74. The van der Waals surface area contributed by atoms with Gasteiger partial charge in [0.05, 0.1) is 11.6 Å². The van der Waals surface area contributed by atoms with Crippen LogP contribution < -0.4 is 10.1 Å². The number of amides is 2. The van der Waals surface area contributed by atoms with Gasteiger partial charge in [-0.2, -0.15) is 0 Å². The molecule has 152 valence electrons. The van der Waals surface area contributed by atoms with Gasteiger partial charge in [-0.15, -0.1) is 0 Å². The van der Waals surface area contributed by atoms with Crippen LogP contribution in [0.2, 0.25) is 0 Å². The zero-order valence-corrected chi connectivity index (χ0v) is 16.5. The normalized spacial score (nSPS) is 17.1. The van der Waals surface area contributed by atoms with Crippen LogP contribution in [0.15, 0.2) is 41.6 Å². The molecule has 0 aliphatic carbocycles. The third kappa shape index (κ3) is 5.48. The fourth-order valence-electron chi connectivity index (χ4n) is 2.99. The second-order valence-electron chi connectivity index (χ2n) is 7.37. The molecule has 1 aromatic rings. The van der Waals surface area contributed by atoms with E-state index < -0.39 is 29.8 Å². The van der Waals surface area contributed by atoms with E-state index in [1.165, 1.54) is 4.90 Å². The van der Waals surface area contributed by atoms with Gasteiger partial charge in [-0.1, -0.05) is 25.1 Å². The number of carbonyl (C=O) groups is 3. The summed E-state index contributed by atoms with van der Waals surface area (Å²) in [6.45, 7) is 7.24. The summed E-state index contributed by atoms with van der Waals surface area (Å²) >= 11 is 0. The zero-order chi connectivity index (χ0) is 20.9. The molecule has 28 heavy (non-hydrogen) atoms. The van der Waals surface area contributed by atoms with E-state index in [-0.39, 0.29) is 24.2 Å². The molecule has 0 spiro atoms. The van der Waals surface area contributed by atoms with Gasteiger partial charge < -0.3 is 19.5 Å². The van der Waals surface area contributed by atoms with Gasteiger partial charge in [0.1, 0.15) is 11.4 Å². The third-order valence-electron chi connectivity index (χ3n) is 4.09. The van der Waals surface area contributed by atoms with Crippen molar-refractivity contribution in [3.8, 4) is 5.75 Å². The predicted molar refractivity (Wildman–Crippen MR) is 102 cm³/mol. The molecule has 0 radical (unpaired) electrons. The Kier molecular flexibility index (Phi) is 6.66. The minimum Gasteiger partial charge on any atom is -0.478 e. The Bertz CT molecular complexity index is 767. The van der Waals surface area contributed by atoms with Gasteiger partial charge in [0.15, 0.2) is 0 Å². The minimum absolute atomic E-state index is 0.0374. The Morgan fingerprint density at radius 3 is 2.39 bits per heavy atom. The maximum Gasteiger partial charge on any atom is 0.416 e. The first-order valence-electron chi connectivity index (χ1n) is 9.12. The van der Waals surface area contributed by atoms with Gasteiger partial charge in [-0.05, 0) is 39.3 Å². The van der Waals surface area contributed by atoms with Crippen LogP contribution in [-0.4, -0.2) is 46.3 Å². The van der Waals surface area contributed by atoms with Crippen molar-refractivity contribution in [2.24, 2.45) is 0 Å². The highest BCUT2D eigenvalue weighted by molar-refractivity contribution is 5.91. The van der Waals surface area contributed by atoms with Crippen LogP contribution in [0.5, 0.6) is 5.75 Å². The third-order valence-corrected chi connectivity index (χ3v) is 4.09. The van der Waals surface area contributed by atoms with E-state index >= 15 is 0 Å². The van der Waals surface area contributed by atoms with Crippen molar-refractivity contribution in [1.82, 2.24) is 10.2 Å². The summed E-state index contributed by atoms with van der Waals surface area (Å²) in [5.41, 5.74) is -0.495. The summed E-state index contributed by atoms with van der Waals surface area (Å²) < 4.78 is 10.6. The molecule has 2 N–H and O–H groups in total. The zero-order valence-electron chi connectivity index (χ0n) is 16.5. The van der Waals surface area contributed by atoms with E-state index in [9.17, 15) is 19.5 Å². The first-order chi connectivity index (χ1) is 13.1. The SMILES string of the molecule is CCC1C(C(=O)O)=C(NC(=O)Oc2ccccc2)CCN1C(=O)OC(C)(C)C. The van der Waals surface area contributed by atoms with Crippen molar-refractivity contribution in [1.29, 1.82) is 0 Å². The summed E-state index contributed by atoms with van der Waals surface area (Å²) in [7, 11) is 0. The Labute approximate surface area is 164 Å². The fourth-order valence-corrected chi connectivity index (χ4v) is 2.99. The van der Waals surface area contributed by atoms with E-state index in [1.54, 1.807) is 58.0 Å². The van der Waals surface area contributed by atoms with Crippen LogP contribution >= 0.6 is 0 Å². The van der Waals surface area contributed by atoms with Crippen molar-refractivity contribution < 1.29 is 29.0 Å². The highest BCUT2D eigenvalue weighted by atomic mass is 16.6. The maximum absolute atomic E-state index is 12.5. The average molecular weight is 390 g/mol. The van der Waals surface area contributed by atoms with E-state index in [2.05, 4.69) is 5.32 Å².